The monoisotopic (exact) mass is 414 g/mol. The zero-order valence-electron chi connectivity index (χ0n) is 16.5. The van der Waals surface area contributed by atoms with Crippen LogP contribution >= 0.6 is 0 Å². The first-order valence-corrected chi connectivity index (χ1v) is 10.00. The van der Waals surface area contributed by atoms with Gasteiger partial charge in [-0.3, -0.25) is 24.1 Å². The van der Waals surface area contributed by atoms with Crippen LogP contribution in [0.5, 0.6) is 5.75 Å². The second kappa shape index (κ2) is 7.89. The van der Waals surface area contributed by atoms with Crippen LogP contribution in [0, 0.1) is 11.8 Å². The van der Waals surface area contributed by atoms with Gasteiger partial charge in [-0.2, -0.15) is 0 Å². The maximum absolute atomic E-state index is 12.6. The van der Waals surface area contributed by atoms with Crippen LogP contribution < -0.4 is 10.1 Å². The average molecular weight is 414 g/mol. The number of benzene rings is 1. The normalized spacial score (nSPS) is 23.8. The standard InChI is InChI=1S/C21H22N2O7/c1-11(23-19(26)13-4-2-3-5-14(13)20(23)27)21(28)30-9-16(24)12-6-7-17-15(8-12)22-18(25)10-29-17/h6-8,11,13-14H,2-5,9-10H2,1H3,(H,22,25)/t11-,13?,14?/m0/s1. The number of rotatable bonds is 5. The van der Waals surface area contributed by atoms with E-state index < -0.39 is 24.4 Å². The summed E-state index contributed by atoms with van der Waals surface area (Å²) in [6, 6.07) is 3.42. The molecule has 1 aromatic rings. The second-order valence-corrected chi connectivity index (χ2v) is 7.80. The molecule has 3 atom stereocenters. The number of esters is 1. The summed E-state index contributed by atoms with van der Waals surface area (Å²) in [6.07, 6.45) is 3.11. The largest absolute Gasteiger partial charge is 0.482 e. The molecular formula is C21H22N2O7. The van der Waals surface area contributed by atoms with Crippen molar-refractivity contribution in [3.63, 3.8) is 0 Å². The number of carbonyl (C=O) groups is 5. The minimum absolute atomic E-state index is 0.0918. The second-order valence-electron chi connectivity index (χ2n) is 7.80. The number of fused-ring (bicyclic) bond motifs is 2. The number of hydrogen-bond donors (Lipinski definition) is 1. The topological polar surface area (TPSA) is 119 Å². The van der Waals surface area contributed by atoms with Gasteiger partial charge in [0.25, 0.3) is 5.91 Å². The lowest BCUT2D eigenvalue weighted by Crippen LogP contribution is -2.44. The Morgan fingerprint density at radius 1 is 1.17 bits per heavy atom. The van der Waals surface area contributed by atoms with Gasteiger partial charge in [0.15, 0.2) is 19.0 Å². The summed E-state index contributed by atoms with van der Waals surface area (Å²) in [5.74, 6) is -2.52. The molecule has 3 amide bonds. The van der Waals surface area contributed by atoms with E-state index in [1.165, 1.54) is 19.1 Å². The Hall–Kier alpha value is -3.23. The van der Waals surface area contributed by atoms with Crippen LogP contribution in [0.25, 0.3) is 0 Å². The summed E-state index contributed by atoms with van der Waals surface area (Å²) in [4.78, 5) is 62.5. The molecular weight excluding hydrogens is 392 g/mol. The molecule has 1 N–H and O–H groups in total. The average Bonchev–Trinajstić information content (AvgIpc) is 3.01. The number of nitrogens with zero attached hydrogens (tertiary/aromatic N) is 1. The summed E-state index contributed by atoms with van der Waals surface area (Å²) in [7, 11) is 0. The molecule has 9 heteroatoms. The highest BCUT2D eigenvalue weighted by atomic mass is 16.5. The molecule has 2 fully saturated rings. The number of ether oxygens (including phenoxy) is 2. The zero-order chi connectivity index (χ0) is 21.4. The van der Waals surface area contributed by atoms with Crippen molar-refractivity contribution in [1.82, 2.24) is 4.90 Å². The Balaban J connectivity index is 1.38. The molecule has 1 saturated carbocycles. The lowest BCUT2D eigenvalue weighted by molar-refractivity contribution is -0.157. The first-order valence-electron chi connectivity index (χ1n) is 10.00. The van der Waals surface area contributed by atoms with Gasteiger partial charge in [0, 0.05) is 5.56 Å². The smallest absolute Gasteiger partial charge is 0.329 e. The molecule has 2 aliphatic heterocycles. The summed E-state index contributed by atoms with van der Waals surface area (Å²) in [5, 5.41) is 2.60. The van der Waals surface area contributed by atoms with E-state index in [9.17, 15) is 24.0 Å². The van der Waals surface area contributed by atoms with Gasteiger partial charge in [-0.05, 0) is 38.0 Å². The van der Waals surface area contributed by atoms with Crippen molar-refractivity contribution in [2.75, 3.05) is 18.5 Å². The quantitative estimate of drug-likeness (QED) is 0.438. The van der Waals surface area contributed by atoms with Gasteiger partial charge in [-0.15, -0.1) is 0 Å². The molecule has 3 aliphatic rings. The molecule has 2 heterocycles. The zero-order valence-corrected chi connectivity index (χ0v) is 16.5. The van der Waals surface area contributed by atoms with E-state index in [4.69, 9.17) is 9.47 Å². The van der Waals surface area contributed by atoms with Gasteiger partial charge in [-0.1, -0.05) is 12.8 Å². The third kappa shape index (κ3) is 3.55. The molecule has 1 saturated heterocycles. The van der Waals surface area contributed by atoms with Crippen LogP contribution in [0.4, 0.5) is 5.69 Å². The Morgan fingerprint density at radius 2 is 1.83 bits per heavy atom. The van der Waals surface area contributed by atoms with E-state index in [-0.39, 0.29) is 41.7 Å². The highest BCUT2D eigenvalue weighted by Crippen LogP contribution is 2.39. The predicted octanol–water partition coefficient (Wildman–Crippen LogP) is 1.31. The number of hydrogen-bond acceptors (Lipinski definition) is 7. The van der Waals surface area contributed by atoms with Crippen LogP contribution in [-0.4, -0.2) is 53.6 Å². The van der Waals surface area contributed by atoms with Gasteiger partial charge in [-0.25, -0.2) is 4.79 Å². The molecule has 4 rings (SSSR count). The van der Waals surface area contributed by atoms with Crippen molar-refractivity contribution in [2.24, 2.45) is 11.8 Å². The molecule has 30 heavy (non-hydrogen) atoms. The lowest BCUT2D eigenvalue weighted by Gasteiger charge is -2.21. The van der Waals surface area contributed by atoms with Crippen molar-refractivity contribution in [2.45, 2.75) is 38.6 Å². The third-order valence-electron chi connectivity index (χ3n) is 5.88. The number of nitrogens with one attached hydrogen (secondary N) is 1. The molecule has 0 radical (unpaired) electrons. The number of Topliss-reactive ketones (excluding diaryl/α,β-unsaturated/α-hetero) is 1. The maximum Gasteiger partial charge on any atom is 0.329 e. The van der Waals surface area contributed by atoms with Crippen molar-refractivity contribution in [3.05, 3.63) is 23.8 Å². The molecule has 0 spiro atoms. The van der Waals surface area contributed by atoms with Gasteiger partial charge < -0.3 is 14.8 Å². The summed E-state index contributed by atoms with van der Waals surface area (Å²) in [6.45, 7) is 0.803. The number of ketones is 1. The highest BCUT2D eigenvalue weighted by Gasteiger charge is 2.51. The number of likely N-dealkylation sites (tertiary alicyclic amines) is 1. The van der Waals surface area contributed by atoms with E-state index in [1.54, 1.807) is 6.07 Å². The molecule has 9 nitrogen and oxygen atoms in total. The molecule has 2 unspecified atom stereocenters. The fraction of sp³-hybridized carbons (Fsp3) is 0.476. The molecule has 0 aromatic heterocycles. The number of anilines is 1. The van der Waals surface area contributed by atoms with Crippen molar-refractivity contribution < 1.29 is 33.4 Å². The van der Waals surface area contributed by atoms with Gasteiger partial charge in [0.2, 0.25) is 11.8 Å². The minimum Gasteiger partial charge on any atom is -0.482 e. The fourth-order valence-corrected chi connectivity index (χ4v) is 4.27. The Bertz CT molecular complexity index is 917. The van der Waals surface area contributed by atoms with E-state index >= 15 is 0 Å². The number of carbonyl (C=O) groups excluding carboxylic acids is 5. The Labute approximate surface area is 172 Å². The van der Waals surface area contributed by atoms with Crippen LogP contribution in [0.1, 0.15) is 43.0 Å². The van der Waals surface area contributed by atoms with Crippen LogP contribution in [-0.2, 0) is 23.9 Å². The highest BCUT2D eigenvalue weighted by molar-refractivity contribution is 6.08. The van der Waals surface area contributed by atoms with Crippen LogP contribution in [0.2, 0.25) is 0 Å². The Kier molecular flexibility index (Phi) is 5.27. The van der Waals surface area contributed by atoms with E-state index in [1.807, 2.05) is 0 Å². The predicted molar refractivity (Wildman–Crippen MR) is 103 cm³/mol. The summed E-state index contributed by atoms with van der Waals surface area (Å²) >= 11 is 0. The Morgan fingerprint density at radius 3 is 2.50 bits per heavy atom. The lowest BCUT2D eigenvalue weighted by atomic mass is 9.81. The van der Waals surface area contributed by atoms with Crippen LogP contribution in [0.15, 0.2) is 18.2 Å². The van der Waals surface area contributed by atoms with Gasteiger partial charge >= 0.3 is 5.97 Å². The van der Waals surface area contributed by atoms with E-state index in [0.717, 1.165) is 17.7 Å². The SMILES string of the molecule is C[C@@H](C(=O)OCC(=O)c1ccc2c(c1)NC(=O)CO2)N1C(=O)C2CCCCC2C1=O. The van der Waals surface area contributed by atoms with E-state index in [2.05, 4.69) is 5.32 Å². The third-order valence-corrected chi connectivity index (χ3v) is 5.88. The molecule has 0 bridgehead atoms. The van der Waals surface area contributed by atoms with Gasteiger partial charge in [0.05, 0.1) is 17.5 Å². The maximum atomic E-state index is 12.6. The summed E-state index contributed by atoms with van der Waals surface area (Å²) in [5.41, 5.74) is 0.604. The molecule has 1 aromatic carbocycles. The number of amides is 3. The molecule has 158 valence electrons. The fourth-order valence-electron chi connectivity index (χ4n) is 4.27. The van der Waals surface area contributed by atoms with Crippen LogP contribution in [0.3, 0.4) is 0 Å². The first kappa shape index (κ1) is 20.1. The van der Waals surface area contributed by atoms with Crippen molar-refractivity contribution in [3.8, 4) is 5.75 Å². The van der Waals surface area contributed by atoms with Crippen molar-refractivity contribution >= 4 is 35.2 Å². The van der Waals surface area contributed by atoms with E-state index in [0.29, 0.717) is 24.3 Å². The first-order chi connectivity index (χ1) is 14.4. The van der Waals surface area contributed by atoms with Gasteiger partial charge in [0.1, 0.15) is 11.8 Å². The minimum atomic E-state index is -1.08. The van der Waals surface area contributed by atoms with Crippen molar-refractivity contribution in [1.29, 1.82) is 0 Å². The number of imide groups is 1. The molecule has 1 aliphatic carbocycles. The summed E-state index contributed by atoms with van der Waals surface area (Å²) < 4.78 is 10.3.